The number of nitrogens with one attached hydrogen (secondary N) is 1. The number of carbonyl (C=O) groups excluding carboxylic acids is 1. The Balaban J connectivity index is 2.34. The molecule has 8 nitrogen and oxygen atoms in total. The van der Waals surface area contributed by atoms with Crippen molar-refractivity contribution < 1.29 is 24.4 Å². The normalized spacial score (nSPS) is 10.1. The van der Waals surface area contributed by atoms with Crippen LogP contribution in [0.25, 0.3) is 0 Å². The van der Waals surface area contributed by atoms with Gasteiger partial charge < -0.3 is 15.2 Å². The van der Waals surface area contributed by atoms with E-state index >= 15 is 0 Å². The van der Waals surface area contributed by atoms with Gasteiger partial charge in [-0.25, -0.2) is 4.79 Å². The van der Waals surface area contributed by atoms with Crippen LogP contribution in [0.2, 0.25) is 5.02 Å². The molecular weight excluding hydrogens is 340 g/mol. The molecule has 2 aromatic carbocycles. The number of nitrogens with zero attached hydrogens (tertiary/aromatic N) is 1. The number of esters is 1. The van der Waals surface area contributed by atoms with E-state index < -0.39 is 16.9 Å². The monoisotopic (exact) mass is 350 g/mol. The molecule has 0 aliphatic carbocycles. The maximum absolute atomic E-state index is 11.1. The second-order valence-corrected chi connectivity index (χ2v) is 5.06. The predicted molar refractivity (Wildman–Crippen MR) is 86.1 cm³/mol. The van der Waals surface area contributed by atoms with Crippen molar-refractivity contribution in [2.45, 2.75) is 6.92 Å². The zero-order valence-electron chi connectivity index (χ0n) is 12.3. The van der Waals surface area contributed by atoms with E-state index in [0.717, 1.165) is 6.92 Å². The standard InChI is InChI=1S/C15H11ClN2O6/c1-8(19)24-14-6-9(2-4-11(14)15(20)21)17-13-5-3-10(18(22)23)7-12(13)16/h2-7,17H,1H3,(H,20,21). The number of nitro benzene ring substituents is 1. The first kappa shape index (κ1) is 17.2. The van der Waals surface area contributed by atoms with Crippen LogP contribution in [0.4, 0.5) is 17.1 Å². The van der Waals surface area contributed by atoms with Crippen LogP contribution in [-0.2, 0) is 4.79 Å². The summed E-state index contributed by atoms with van der Waals surface area (Å²) in [6, 6.07) is 7.91. The minimum Gasteiger partial charge on any atom is -0.478 e. The number of benzene rings is 2. The van der Waals surface area contributed by atoms with Gasteiger partial charge in [0.1, 0.15) is 11.3 Å². The van der Waals surface area contributed by atoms with Gasteiger partial charge in [0.15, 0.2) is 0 Å². The van der Waals surface area contributed by atoms with E-state index in [1.165, 1.54) is 36.4 Å². The van der Waals surface area contributed by atoms with Crippen molar-refractivity contribution in [2.24, 2.45) is 0 Å². The molecule has 0 unspecified atom stereocenters. The highest BCUT2D eigenvalue weighted by atomic mass is 35.5. The van der Waals surface area contributed by atoms with Crippen LogP contribution in [0, 0.1) is 10.1 Å². The number of carbonyl (C=O) groups is 2. The smallest absolute Gasteiger partial charge is 0.339 e. The summed E-state index contributed by atoms with van der Waals surface area (Å²) in [5.41, 5.74) is 0.434. The first-order chi connectivity index (χ1) is 11.3. The second kappa shape index (κ2) is 6.97. The van der Waals surface area contributed by atoms with Crippen molar-refractivity contribution in [3.8, 4) is 5.75 Å². The van der Waals surface area contributed by atoms with E-state index in [1.54, 1.807) is 0 Å². The number of nitro groups is 1. The van der Waals surface area contributed by atoms with E-state index in [9.17, 15) is 19.7 Å². The Morgan fingerprint density at radius 2 is 1.96 bits per heavy atom. The number of hydrogen-bond acceptors (Lipinski definition) is 6. The molecule has 0 aliphatic heterocycles. The summed E-state index contributed by atoms with van der Waals surface area (Å²) >= 11 is 5.98. The summed E-state index contributed by atoms with van der Waals surface area (Å²) in [7, 11) is 0. The van der Waals surface area contributed by atoms with Crippen LogP contribution in [0.15, 0.2) is 36.4 Å². The SMILES string of the molecule is CC(=O)Oc1cc(Nc2ccc([N+](=O)[O-])cc2Cl)ccc1C(=O)O. The zero-order valence-corrected chi connectivity index (χ0v) is 13.0. The minimum absolute atomic E-state index is 0.112. The summed E-state index contributed by atoms with van der Waals surface area (Å²) in [6.07, 6.45) is 0. The van der Waals surface area contributed by atoms with Gasteiger partial charge in [-0.3, -0.25) is 14.9 Å². The third-order valence-electron chi connectivity index (χ3n) is 2.91. The molecule has 0 aliphatic rings. The first-order valence-electron chi connectivity index (χ1n) is 6.54. The van der Waals surface area contributed by atoms with Gasteiger partial charge in [0.25, 0.3) is 5.69 Å². The van der Waals surface area contributed by atoms with E-state index in [-0.39, 0.29) is 22.0 Å². The number of anilines is 2. The molecule has 0 fully saturated rings. The average molecular weight is 351 g/mol. The van der Waals surface area contributed by atoms with E-state index in [1.807, 2.05) is 0 Å². The predicted octanol–water partition coefficient (Wildman–Crippen LogP) is 3.62. The van der Waals surface area contributed by atoms with Gasteiger partial charge in [-0.15, -0.1) is 0 Å². The zero-order chi connectivity index (χ0) is 17.9. The Morgan fingerprint density at radius 1 is 1.25 bits per heavy atom. The highest BCUT2D eigenvalue weighted by Crippen LogP contribution is 2.31. The highest BCUT2D eigenvalue weighted by Gasteiger charge is 2.15. The molecule has 124 valence electrons. The Morgan fingerprint density at radius 3 is 2.50 bits per heavy atom. The minimum atomic E-state index is -1.24. The number of aromatic carboxylic acids is 1. The van der Waals surface area contributed by atoms with Crippen molar-refractivity contribution in [1.82, 2.24) is 0 Å². The number of halogens is 1. The van der Waals surface area contributed by atoms with Gasteiger partial charge in [-0.05, 0) is 18.2 Å². The number of carboxylic acids is 1. The van der Waals surface area contributed by atoms with Gasteiger partial charge in [-0.1, -0.05) is 11.6 Å². The number of non-ortho nitro benzene ring substituents is 1. The molecule has 2 N–H and O–H groups in total. The molecule has 0 saturated carbocycles. The lowest BCUT2D eigenvalue weighted by Crippen LogP contribution is -2.07. The van der Waals surface area contributed by atoms with Crippen LogP contribution < -0.4 is 10.1 Å². The summed E-state index contributed by atoms with van der Waals surface area (Å²) in [5, 5.41) is 22.8. The third-order valence-corrected chi connectivity index (χ3v) is 3.22. The molecule has 0 radical (unpaired) electrons. The molecule has 0 heterocycles. The van der Waals surface area contributed by atoms with Crippen molar-refractivity contribution in [1.29, 1.82) is 0 Å². The Hall–Kier alpha value is -3.13. The van der Waals surface area contributed by atoms with Crippen LogP contribution >= 0.6 is 11.6 Å². The summed E-state index contributed by atoms with van der Waals surface area (Å²) in [6.45, 7) is 1.15. The first-order valence-corrected chi connectivity index (χ1v) is 6.92. The molecule has 0 saturated heterocycles. The topological polar surface area (TPSA) is 119 Å². The van der Waals surface area contributed by atoms with Crippen molar-refractivity contribution in [3.63, 3.8) is 0 Å². The molecular formula is C15H11ClN2O6. The summed E-state index contributed by atoms with van der Waals surface area (Å²) in [5.74, 6) is -2.03. The summed E-state index contributed by atoms with van der Waals surface area (Å²) in [4.78, 5) is 32.3. The molecule has 24 heavy (non-hydrogen) atoms. The maximum Gasteiger partial charge on any atom is 0.339 e. The lowest BCUT2D eigenvalue weighted by molar-refractivity contribution is -0.384. The Kier molecular flexibility index (Phi) is 5.00. The maximum atomic E-state index is 11.1. The molecule has 2 aromatic rings. The van der Waals surface area contributed by atoms with Crippen molar-refractivity contribution in [2.75, 3.05) is 5.32 Å². The number of ether oxygens (including phenoxy) is 1. The molecule has 9 heteroatoms. The van der Waals surface area contributed by atoms with Gasteiger partial charge in [0.05, 0.1) is 15.6 Å². The van der Waals surface area contributed by atoms with Crippen molar-refractivity contribution in [3.05, 3.63) is 57.1 Å². The number of hydrogen-bond donors (Lipinski definition) is 2. The van der Waals surface area contributed by atoms with Crippen LogP contribution in [-0.4, -0.2) is 22.0 Å². The fourth-order valence-corrected chi connectivity index (χ4v) is 2.11. The second-order valence-electron chi connectivity index (χ2n) is 4.66. The molecule has 0 amide bonds. The quantitative estimate of drug-likeness (QED) is 0.366. The van der Waals surface area contributed by atoms with Crippen LogP contribution in [0.5, 0.6) is 5.75 Å². The summed E-state index contributed by atoms with van der Waals surface area (Å²) < 4.78 is 4.88. The van der Waals surface area contributed by atoms with E-state index in [4.69, 9.17) is 21.4 Å². The molecule has 0 aromatic heterocycles. The van der Waals surface area contributed by atoms with E-state index in [0.29, 0.717) is 11.4 Å². The lowest BCUT2D eigenvalue weighted by atomic mass is 10.1. The van der Waals surface area contributed by atoms with Gasteiger partial charge in [0, 0.05) is 30.8 Å². The van der Waals surface area contributed by atoms with E-state index in [2.05, 4.69) is 5.32 Å². The molecule has 0 bridgehead atoms. The number of rotatable bonds is 5. The fraction of sp³-hybridized carbons (Fsp3) is 0.0667. The van der Waals surface area contributed by atoms with Gasteiger partial charge in [0.2, 0.25) is 0 Å². The lowest BCUT2D eigenvalue weighted by Gasteiger charge is -2.11. The third kappa shape index (κ3) is 3.99. The Bertz CT molecular complexity index is 837. The average Bonchev–Trinajstić information content (AvgIpc) is 2.48. The largest absolute Gasteiger partial charge is 0.478 e. The Labute approximate surface area is 140 Å². The van der Waals surface area contributed by atoms with Crippen molar-refractivity contribution >= 4 is 40.6 Å². The molecule has 0 spiro atoms. The van der Waals surface area contributed by atoms with Crippen LogP contribution in [0.3, 0.4) is 0 Å². The molecule has 2 rings (SSSR count). The highest BCUT2D eigenvalue weighted by molar-refractivity contribution is 6.33. The molecule has 0 atom stereocenters. The number of carboxylic acid groups (broad SMARTS) is 1. The fourth-order valence-electron chi connectivity index (χ4n) is 1.89. The van der Waals surface area contributed by atoms with Gasteiger partial charge in [-0.2, -0.15) is 0 Å². The van der Waals surface area contributed by atoms with Gasteiger partial charge >= 0.3 is 11.9 Å². The van der Waals surface area contributed by atoms with Crippen LogP contribution in [0.1, 0.15) is 17.3 Å².